The second kappa shape index (κ2) is 10.4. The summed E-state index contributed by atoms with van der Waals surface area (Å²) in [5.41, 5.74) is 1.40. The van der Waals surface area contributed by atoms with Gasteiger partial charge < -0.3 is 20.7 Å². The molecule has 0 unspecified atom stereocenters. The molecule has 0 radical (unpaired) electrons. The van der Waals surface area contributed by atoms with Gasteiger partial charge in [0.2, 0.25) is 3.79 Å². The molecule has 0 fully saturated rings. The highest BCUT2D eigenvalue weighted by Gasteiger charge is 2.35. The number of hydrogen-bond acceptors (Lipinski definition) is 4. The number of thiocarbonyl (C=S) groups is 1. The molecule has 0 aliphatic carbocycles. The van der Waals surface area contributed by atoms with Gasteiger partial charge in [0.05, 0.1) is 12.7 Å². The SMILES string of the molecule is COC(=O)c1ccc(NC(=S)N[C@@H](NC(=O)c2cccc3ccccc23)C(Cl)(Cl)Cl)cc1. The smallest absolute Gasteiger partial charge is 0.337 e. The van der Waals surface area contributed by atoms with E-state index in [9.17, 15) is 9.59 Å². The molecule has 3 aromatic rings. The first-order valence-electron chi connectivity index (χ1n) is 9.30. The lowest BCUT2D eigenvalue weighted by molar-refractivity contribution is 0.0600. The Kier molecular flexibility index (Phi) is 7.79. The normalized spacial score (nSPS) is 12.0. The standard InChI is InChI=1S/C22H18Cl3N3O3S/c1-31-19(30)14-9-11-15(12-10-14)26-21(32)28-20(22(23,24)25)27-18(29)17-8-4-6-13-5-2-3-7-16(13)17/h2-12,20H,1H3,(H,27,29)(H2,26,28,32)/t20-/m1/s1. The van der Waals surface area contributed by atoms with Gasteiger partial charge in [-0.25, -0.2) is 4.79 Å². The number of carbonyl (C=O) groups is 2. The molecule has 0 bridgehead atoms. The summed E-state index contributed by atoms with van der Waals surface area (Å²) in [5, 5.41) is 10.2. The third kappa shape index (κ3) is 6.01. The Morgan fingerprint density at radius 2 is 1.59 bits per heavy atom. The summed E-state index contributed by atoms with van der Waals surface area (Å²) in [5.74, 6) is -0.888. The summed E-state index contributed by atoms with van der Waals surface area (Å²) in [6, 6.07) is 19.3. The number of nitrogens with one attached hydrogen (secondary N) is 3. The van der Waals surface area contributed by atoms with E-state index < -0.39 is 21.8 Å². The average molecular weight is 511 g/mol. The topological polar surface area (TPSA) is 79.5 Å². The molecule has 0 aliphatic heterocycles. The first-order chi connectivity index (χ1) is 15.2. The molecule has 3 rings (SSSR count). The number of benzene rings is 3. The van der Waals surface area contributed by atoms with Gasteiger partial charge in [-0.1, -0.05) is 71.2 Å². The van der Waals surface area contributed by atoms with Gasteiger partial charge in [-0.2, -0.15) is 0 Å². The van der Waals surface area contributed by atoms with E-state index in [-0.39, 0.29) is 5.11 Å². The first-order valence-corrected chi connectivity index (χ1v) is 10.8. The maximum absolute atomic E-state index is 13.0. The van der Waals surface area contributed by atoms with Crippen molar-refractivity contribution in [3.63, 3.8) is 0 Å². The van der Waals surface area contributed by atoms with Gasteiger partial charge in [-0.15, -0.1) is 0 Å². The van der Waals surface area contributed by atoms with Crippen molar-refractivity contribution in [2.75, 3.05) is 12.4 Å². The van der Waals surface area contributed by atoms with E-state index in [2.05, 4.69) is 20.7 Å². The molecule has 0 saturated heterocycles. The quantitative estimate of drug-likeness (QED) is 0.193. The van der Waals surface area contributed by atoms with E-state index in [1.54, 1.807) is 36.4 Å². The van der Waals surface area contributed by atoms with Crippen LogP contribution in [0.3, 0.4) is 0 Å². The molecular weight excluding hydrogens is 493 g/mol. The molecule has 1 atom stereocenters. The summed E-state index contributed by atoms with van der Waals surface area (Å²) >= 11 is 23.5. The van der Waals surface area contributed by atoms with Crippen LogP contribution >= 0.6 is 47.0 Å². The van der Waals surface area contributed by atoms with Crippen molar-refractivity contribution in [2.45, 2.75) is 9.96 Å². The van der Waals surface area contributed by atoms with Crippen LogP contribution in [0.15, 0.2) is 66.7 Å². The molecule has 0 aromatic heterocycles. The monoisotopic (exact) mass is 509 g/mol. The number of fused-ring (bicyclic) bond motifs is 1. The predicted molar refractivity (Wildman–Crippen MR) is 133 cm³/mol. The Bertz CT molecular complexity index is 1150. The maximum Gasteiger partial charge on any atom is 0.337 e. The van der Waals surface area contributed by atoms with E-state index in [0.29, 0.717) is 16.8 Å². The van der Waals surface area contributed by atoms with Crippen LogP contribution < -0.4 is 16.0 Å². The van der Waals surface area contributed by atoms with Crippen molar-refractivity contribution in [2.24, 2.45) is 0 Å². The number of methoxy groups -OCH3 is 1. The third-order valence-electron chi connectivity index (χ3n) is 4.48. The van der Waals surface area contributed by atoms with Gasteiger partial charge in [0.25, 0.3) is 5.91 Å². The van der Waals surface area contributed by atoms with Gasteiger partial charge in [0.1, 0.15) is 6.17 Å². The Hall–Kier alpha value is -2.58. The van der Waals surface area contributed by atoms with Crippen LogP contribution in [-0.4, -0.2) is 34.1 Å². The van der Waals surface area contributed by atoms with Crippen LogP contribution in [0.2, 0.25) is 0 Å². The molecule has 1 amide bonds. The lowest BCUT2D eigenvalue weighted by atomic mass is 10.0. The number of rotatable bonds is 5. The van der Waals surface area contributed by atoms with Crippen molar-refractivity contribution < 1.29 is 14.3 Å². The maximum atomic E-state index is 13.0. The van der Waals surface area contributed by atoms with Crippen molar-refractivity contribution in [1.29, 1.82) is 0 Å². The highest BCUT2D eigenvalue weighted by atomic mass is 35.6. The summed E-state index contributed by atoms with van der Waals surface area (Å²) in [4.78, 5) is 24.5. The largest absolute Gasteiger partial charge is 0.465 e. The number of amides is 1. The second-order valence-electron chi connectivity index (χ2n) is 6.64. The number of alkyl halides is 3. The molecule has 3 aromatic carbocycles. The average Bonchev–Trinajstić information content (AvgIpc) is 2.77. The molecule has 0 heterocycles. The van der Waals surface area contributed by atoms with Crippen LogP contribution in [-0.2, 0) is 4.74 Å². The van der Waals surface area contributed by atoms with E-state index in [1.807, 2.05) is 30.3 Å². The van der Waals surface area contributed by atoms with E-state index in [1.165, 1.54) is 7.11 Å². The third-order valence-corrected chi connectivity index (χ3v) is 5.35. The van der Waals surface area contributed by atoms with Gasteiger partial charge in [0.15, 0.2) is 5.11 Å². The highest BCUT2D eigenvalue weighted by molar-refractivity contribution is 7.80. The van der Waals surface area contributed by atoms with Crippen LogP contribution in [0.25, 0.3) is 10.8 Å². The fourth-order valence-corrected chi connectivity index (χ4v) is 3.50. The zero-order valence-corrected chi connectivity index (χ0v) is 19.8. The summed E-state index contributed by atoms with van der Waals surface area (Å²) in [7, 11) is 1.30. The molecule has 0 saturated carbocycles. The van der Waals surface area contributed by atoms with Gasteiger partial charge in [0, 0.05) is 11.3 Å². The number of ether oxygens (including phenoxy) is 1. The number of hydrogen-bond donors (Lipinski definition) is 3. The molecule has 3 N–H and O–H groups in total. The molecular formula is C22H18Cl3N3O3S. The fourth-order valence-electron chi connectivity index (χ4n) is 2.94. The van der Waals surface area contributed by atoms with E-state index in [0.717, 1.165) is 10.8 Å². The van der Waals surface area contributed by atoms with Crippen LogP contribution in [0, 0.1) is 0 Å². The Morgan fingerprint density at radius 3 is 2.25 bits per heavy atom. The van der Waals surface area contributed by atoms with E-state index >= 15 is 0 Å². The lowest BCUT2D eigenvalue weighted by Gasteiger charge is -2.28. The lowest BCUT2D eigenvalue weighted by Crippen LogP contribution is -2.56. The van der Waals surface area contributed by atoms with E-state index in [4.69, 9.17) is 47.0 Å². The number of carbonyl (C=O) groups excluding carboxylic acids is 2. The molecule has 6 nitrogen and oxygen atoms in total. The molecule has 166 valence electrons. The minimum Gasteiger partial charge on any atom is -0.465 e. The predicted octanol–water partition coefficient (Wildman–Crippen LogP) is 5.04. The Morgan fingerprint density at radius 1 is 0.938 bits per heavy atom. The Balaban J connectivity index is 1.72. The van der Waals surface area contributed by atoms with Crippen LogP contribution in [0.4, 0.5) is 5.69 Å². The van der Waals surface area contributed by atoms with Crippen LogP contribution in [0.5, 0.6) is 0 Å². The summed E-state index contributed by atoms with van der Waals surface area (Å²) in [6.45, 7) is 0. The van der Waals surface area contributed by atoms with Gasteiger partial charge in [-0.05, 0) is 53.3 Å². The second-order valence-corrected chi connectivity index (χ2v) is 9.42. The zero-order chi connectivity index (χ0) is 23.3. The van der Waals surface area contributed by atoms with Crippen molar-refractivity contribution in [3.8, 4) is 0 Å². The first kappa shape index (κ1) is 24.1. The van der Waals surface area contributed by atoms with Crippen LogP contribution in [0.1, 0.15) is 20.7 Å². The summed E-state index contributed by atoms with van der Waals surface area (Å²) < 4.78 is 2.76. The fraction of sp³-hybridized carbons (Fsp3) is 0.136. The zero-order valence-electron chi connectivity index (χ0n) is 16.7. The minimum absolute atomic E-state index is 0.102. The van der Waals surface area contributed by atoms with Crippen molar-refractivity contribution in [1.82, 2.24) is 10.6 Å². The molecule has 0 aliphatic rings. The number of halogens is 3. The summed E-state index contributed by atoms with van der Waals surface area (Å²) in [6.07, 6.45) is -1.13. The molecule has 32 heavy (non-hydrogen) atoms. The highest BCUT2D eigenvalue weighted by Crippen LogP contribution is 2.30. The van der Waals surface area contributed by atoms with Crippen molar-refractivity contribution in [3.05, 3.63) is 77.9 Å². The van der Waals surface area contributed by atoms with Gasteiger partial charge in [-0.3, -0.25) is 4.79 Å². The molecule has 0 spiro atoms. The van der Waals surface area contributed by atoms with Crippen molar-refractivity contribution >= 4 is 80.5 Å². The Labute approximate surface area is 205 Å². The van der Waals surface area contributed by atoms with Gasteiger partial charge >= 0.3 is 5.97 Å². The molecule has 10 heteroatoms. The minimum atomic E-state index is -1.90. The number of esters is 1. The number of anilines is 1.